The van der Waals surface area contributed by atoms with E-state index in [4.69, 9.17) is 0 Å². The summed E-state index contributed by atoms with van der Waals surface area (Å²) in [6.45, 7) is 0. The Morgan fingerprint density at radius 3 is 1.03 bits per heavy atom. The zero-order valence-electron chi connectivity index (χ0n) is 39.8. The molecule has 0 aliphatic carbocycles. The fraction of sp³-hybridized carbons (Fsp3) is 0. The predicted octanol–water partition coefficient (Wildman–Crippen LogP) is 18.0. The van der Waals surface area contributed by atoms with Gasteiger partial charge in [-0.1, -0.05) is 158 Å². The number of para-hydroxylation sites is 4. The summed E-state index contributed by atoms with van der Waals surface area (Å²) in [6.07, 6.45) is 0. The number of aromatic nitrogens is 2. The van der Waals surface area contributed by atoms with Crippen LogP contribution in [0.5, 0.6) is 0 Å². The van der Waals surface area contributed by atoms with Crippen molar-refractivity contribution in [2.45, 2.75) is 0 Å². The van der Waals surface area contributed by atoms with E-state index in [2.05, 4.69) is 225 Å². The molecule has 0 fully saturated rings. The van der Waals surface area contributed by atoms with Crippen LogP contribution in [0.25, 0.3) is 98.4 Å². The highest BCUT2D eigenvalue weighted by molar-refractivity contribution is 6.39. The van der Waals surface area contributed by atoms with Crippen molar-refractivity contribution in [3.05, 3.63) is 254 Å². The largest absolute Gasteiger partial charge is 0.310 e. The van der Waals surface area contributed by atoms with Crippen LogP contribution in [0.3, 0.4) is 0 Å². The molecule has 0 bridgehead atoms. The normalized spacial score (nSPS) is 11.8. The fourth-order valence-electron chi connectivity index (χ4n) is 12.3. The van der Waals surface area contributed by atoms with E-state index in [1.807, 2.05) is 48.5 Å². The van der Waals surface area contributed by atoms with Gasteiger partial charge in [-0.05, 0) is 96.1 Å². The van der Waals surface area contributed by atoms with E-state index < -0.39 is 0 Å². The number of fused-ring (bicyclic) bond motifs is 12. The van der Waals surface area contributed by atoms with Gasteiger partial charge >= 0.3 is 0 Å². The Kier molecular flexibility index (Phi) is 8.99. The number of hydrogen-bond acceptors (Lipinski definition) is 4. The van der Waals surface area contributed by atoms with E-state index in [1.54, 1.807) is 0 Å². The highest BCUT2D eigenvalue weighted by Gasteiger charge is 2.32. The summed E-state index contributed by atoms with van der Waals surface area (Å²) < 4.78 is 5.11. The monoisotopic (exact) mass is 940 g/mol. The molecule has 0 radical (unpaired) electrons. The first-order valence-corrected chi connectivity index (χ1v) is 24.9. The molecule has 0 amide bonds. The lowest BCUT2D eigenvalue weighted by atomic mass is 9.89. The predicted molar refractivity (Wildman–Crippen MR) is 305 cm³/mol. The van der Waals surface area contributed by atoms with Crippen molar-refractivity contribution in [1.82, 2.24) is 8.80 Å². The molecular formula is C68H40N6. The molecule has 342 valence electrons. The van der Waals surface area contributed by atoms with Crippen molar-refractivity contribution < 1.29 is 0 Å². The molecule has 0 N–H and O–H groups in total. The second-order valence-electron chi connectivity index (χ2n) is 19.0. The van der Waals surface area contributed by atoms with Crippen LogP contribution in [-0.2, 0) is 0 Å². The molecule has 74 heavy (non-hydrogen) atoms. The van der Waals surface area contributed by atoms with Crippen molar-refractivity contribution in [2.75, 3.05) is 9.80 Å². The van der Waals surface area contributed by atoms with Crippen molar-refractivity contribution in [2.24, 2.45) is 0 Å². The Labute approximate surface area is 425 Å². The SMILES string of the molecule is N#Cc1cccc(N(c2ccccc2)c2cccc3c2c2cccc4c5c(-c6ccccc6)c6c(c(-c7ccccc7)c5n3c24)c2cccc3c4c(N(c5ccccc5)c5cccc(C#N)c5)cccc4n6c32)c1. The quantitative estimate of drug-likeness (QED) is 0.152. The second kappa shape index (κ2) is 16.1. The minimum atomic E-state index is 0.605. The van der Waals surface area contributed by atoms with Crippen LogP contribution in [-0.4, -0.2) is 8.80 Å². The molecular weight excluding hydrogens is 901 g/mol. The first-order valence-electron chi connectivity index (χ1n) is 24.9. The average molecular weight is 941 g/mol. The van der Waals surface area contributed by atoms with Crippen LogP contribution in [0, 0.1) is 22.7 Å². The van der Waals surface area contributed by atoms with E-state index in [9.17, 15) is 10.5 Å². The number of nitriles is 2. The molecule has 0 saturated carbocycles. The third-order valence-corrected chi connectivity index (χ3v) is 15.1. The molecule has 0 unspecified atom stereocenters. The third kappa shape index (κ3) is 5.79. The molecule has 15 rings (SSSR count). The minimum absolute atomic E-state index is 0.605. The molecule has 0 saturated heterocycles. The van der Waals surface area contributed by atoms with Gasteiger partial charge in [-0.15, -0.1) is 0 Å². The number of hydrogen-bond donors (Lipinski definition) is 0. The first kappa shape index (κ1) is 41.4. The molecule has 4 aromatic heterocycles. The molecule has 0 atom stereocenters. The van der Waals surface area contributed by atoms with E-state index in [1.165, 1.54) is 32.7 Å². The van der Waals surface area contributed by atoms with E-state index in [-0.39, 0.29) is 0 Å². The van der Waals surface area contributed by atoms with Crippen LogP contribution in [0.2, 0.25) is 0 Å². The Morgan fingerprint density at radius 1 is 0.297 bits per heavy atom. The Balaban J connectivity index is 1.14. The summed E-state index contributed by atoms with van der Waals surface area (Å²) >= 11 is 0. The van der Waals surface area contributed by atoms with Crippen molar-refractivity contribution in [1.29, 1.82) is 10.5 Å². The molecule has 11 aromatic carbocycles. The second-order valence-corrected chi connectivity index (χ2v) is 19.0. The summed E-state index contributed by atoms with van der Waals surface area (Å²) in [4.78, 5) is 4.59. The topological polar surface area (TPSA) is 62.9 Å². The third-order valence-electron chi connectivity index (χ3n) is 15.1. The lowest BCUT2D eigenvalue weighted by molar-refractivity contribution is 1.29. The van der Waals surface area contributed by atoms with Crippen LogP contribution in [0.15, 0.2) is 243 Å². The molecule has 4 heterocycles. The van der Waals surface area contributed by atoms with Gasteiger partial charge in [0.05, 0.1) is 67.7 Å². The standard InChI is InChI=1S/C68H40N6/c69-41-43-19-13-29-49(39-43)71(47-25-9-3-10-26-47)55-35-17-37-57-61(55)52-32-16-34-54-64-60(46-23-7-2-8-24-46)68-63(59(45-21-5-1-6-22-45)67(64)73(57)66(52)54)53-33-15-31-51-62-56(36-18-38-58(62)74(68)65(51)53)72(48-27-11-4-12-28-48)50-30-14-20-44(40-50)42-70/h1-40H. The number of nitrogens with zero attached hydrogens (tertiary/aromatic N) is 6. The van der Waals surface area contributed by atoms with Crippen LogP contribution < -0.4 is 9.80 Å². The molecule has 0 aliphatic rings. The molecule has 6 nitrogen and oxygen atoms in total. The zero-order chi connectivity index (χ0) is 49.0. The van der Waals surface area contributed by atoms with Gasteiger partial charge in [0, 0.05) is 77.0 Å². The Bertz CT molecular complexity index is 4490. The van der Waals surface area contributed by atoms with Crippen molar-refractivity contribution >= 4 is 110 Å². The maximum Gasteiger partial charge on any atom is 0.0992 e. The van der Waals surface area contributed by atoms with Crippen molar-refractivity contribution in [3.8, 4) is 34.4 Å². The van der Waals surface area contributed by atoms with Crippen LogP contribution in [0.1, 0.15) is 11.1 Å². The summed E-state index contributed by atoms with van der Waals surface area (Å²) in [5, 5.41) is 29.6. The summed E-state index contributed by atoms with van der Waals surface area (Å²) in [6, 6.07) is 90.5. The van der Waals surface area contributed by atoms with Gasteiger partial charge in [-0.2, -0.15) is 10.5 Å². The van der Waals surface area contributed by atoms with Gasteiger partial charge in [0.1, 0.15) is 0 Å². The lowest BCUT2D eigenvalue weighted by Gasteiger charge is -2.26. The summed E-state index contributed by atoms with van der Waals surface area (Å²) in [5.74, 6) is 0. The molecule has 15 aromatic rings. The number of benzene rings is 11. The van der Waals surface area contributed by atoms with Gasteiger partial charge in [0.2, 0.25) is 0 Å². The van der Waals surface area contributed by atoms with Crippen LogP contribution in [0.4, 0.5) is 34.1 Å². The minimum Gasteiger partial charge on any atom is -0.310 e. The lowest BCUT2D eigenvalue weighted by Crippen LogP contribution is -2.10. The summed E-state index contributed by atoms with van der Waals surface area (Å²) in [7, 11) is 0. The number of rotatable bonds is 8. The average Bonchev–Trinajstić information content (AvgIpc) is 4.38. The van der Waals surface area contributed by atoms with Gasteiger partial charge < -0.3 is 18.6 Å². The Hall–Kier alpha value is -10.4. The molecule has 0 spiro atoms. The van der Waals surface area contributed by atoms with E-state index in [0.29, 0.717) is 11.1 Å². The molecule has 6 heteroatoms. The molecule has 0 aliphatic heterocycles. The van der Waals surface area contributed by atoms with Crippen LogP contribution >= 0.6 is 0 Å². The highest BCUT2D eigenvalue weighted by Crippen LogP contribution is 2.56. The van der Waals surface area contributed by atoms with Gasteiger partial charge in [0.15, 0.2) is 0 Å². The maximum atomic E-state index is 10.1. The first-order chi connectivity index (χ1) is 36.7. The maximum absolute atomic E-state index is 10.1. The van der Waals surface area contributed by atoms with Gasteiger partial charge in [-0.3, -0.25) is 0 Å². The fourth-order valence-corrected chi connectivity index (χ4v) is 12.3. The van der Waals surface area contributed by atoms with Gasteiger partial charge in [0.25, 0.3) is 0 Å². The highest BCUT2D eigenvalue weighted by atomic mass is 15.2. The van der Waals surface area contributed by atoms with E-state index >= 15 is 0 Å². The Morgan fingerprint density at radius 2 is 0.635 bits per heavy atom. The van der Waals surface area contributed by atoms with Gasteiger partial charge in [-0.25, -0.2) is 0 Å². The number of anilines is 6. The van der Waals surface area contributed by atoms with E-state index in [0.717, 1.165) is 99.9 Å². The van der Waals surface area contributed by atoms with Crippen molar-refractivity contribution in [3.63, 3.8) is 0 Å². The smallest absolute Gasteiger partial charge is 0.0992 e. The zero-order valence-corrected chi connectivity index (χ0v) is 39.8. The summed E-state index contributed by atoms with van der Waals surface area (Å²) in [5.41, 5.74) is 18.6.